The molecule has 5 N–H and O–H groups in total. The van der Waals surface area contributed by atoms with Gasteiger partial charge in [0, 0.05) is 19.3 Å². The average Bonchev–Trinajstić information content (AvgIpc) is 3.11. The van der Waals surface area contributed by atoms with Crippen molar-refractivity contribution in [3.8, 4) is 0 Å². The summed E-state index contributed by atoms with van der Waals surface area (Å²) in [6.07, 6.45) is 0.00716. The van der Waals surface area contributed by atoms with Gasteiger partial charge in [-0.1, -0.05) is 133 Å². The zero-order chi connectivity index (χ0) is 36.2. The second kappa shape index (κ2) is 17.4. The van der Waals surface area contributed by atoms with Crippen molar-refractivity contribution in [1.29, 1.82) is 0 Å². The van der Waals surface area contributed by atoms with Gasteiger partial charge < -0.3 is 20.5 Å². The first kappa shape index (κ1) is 36.7. The number of rotatable bonds is 15. The maximum absolute atomic E-state index is 14.0. The van der Waals surface area contributed by atoms with E-state index in [0.717, 1.165) is 21.9 Å². The van der Waals surface area contributed by atoms with Gasteiger partial charge in [-0.15, -0.1) is 0 Å². The highest BCUT2D eigenvalue weighted by molar-refractivity contribution is 7.46. The van der Waals surface area contributed by atoms with Crippen LogP contribution in [0.15, 0.2) is 133 Å². The second-order valence-electron chi connectivity index (χ2n) is 12.1. The number of hydrogen-bond donors (Lipinski definition) is 5. The normalized spacial score (nSPS) is 13.0. The Morgan fingerprint density at radius 3 is 1.47 bits per heavy atom. The molecule has 51 heavy (non-hydrogen) atoms. The summed E-state index contributed by atoms with van der Waals surface area (Å²) >= 11 is 0. The van der Waals surface area contributed by atoms with Crippen LogP contribution in [0.2, 0.25) is 0 Å². The van der Waals surface area contributed by atoms with E-state index in [1.54, 1.807) is 60.7 Å². The Morgan fingerprint density at radius 2 is 0.961 bits per heavy atom. The zero-order valence-corrected chi connectivity index (χ0v) is 28.4. The van der Waals surface area contributed by atoms with Gasteiger partial charge >= 0.3 is 13.8 Å². The van der Waals surface area contributed by atoms with Crippen molar-refractivity contribution < 1.29 is 38.1 Å². The maximum Gasteiger partial charge on any atom is 0.527 e. The average molecular weight is 708 g/mol. The zero-order valence-electron chi connectivity index (χ0n) is 27.6. The summed E-state index contributed by atoms with van der Waals surface area (Å²) in [5, 5.41) is 10.2. The molecule has 0 spiro atoms. The molecule has 0 fully saturated rings. The highest BCUT2D eigenvalue weighted by Crippen LogP contribution is 2.36. The van der Waals surface area contributed by atoms with E-state index in [9.17, 15) is 33.5 Å². The first-order chi connectivity index (χ1) is 24.5. The van der Waals surface area contributed by atoms with E-state index in [4.69, 9.17) is 0 Å². The standard InChI is InChI=1S/C39H38N3O8P/c43-36(26-30-20-21-31-18-10-11-19-32(31)22-30)40-33(23-27-12-4-1-5-13-27)37(44)41-34(24-28-14-6-2-7-15-28)38(45)42-35(39(46)50-51(47,48)49)25-29-16-8-3-9-17-29/h1-22,33-35H,23-26H2,(H,40,43)(H,41,44)(H,42,45)(H2,47,48,49)/t33-,34-,35-/m1/s1. The summed E-state index contributed by atoms with van der Waals surface area (Å²) in [6, 6.07) is 36.2. The molecule has 0 radical (unpaired) electrons. The lowest BCUT2D eigenvalue weighted by molar-refractivity contribution is -0.141. The number of hydrogen-bond acceptors (Lipinski definition) is 6. The quantitative estimate of drug-likeness (QED) is 0.101. The fourth-order valence-corrected chi connectivity index (χ4v) is 6.03. The summed E-state index contributed by atoms with van der Waals surface area (Å²) in [7, 11) is -5.23. The van der Waals surface area contributed by atoms with Crippen molar-refractivity contribution in [2.45, 2.75) is 43.8 Å². The molecule has 0 saturated carbocycles. The number of fused-ring (bicyclic) bond motifs is 1. The molecule has 0 aliphatic heterocycles. The molecule has 3 amide bonds. The topological polar surface area (TPSA) is 171 Å². The fourth-order valence-electron chi connectivity index (χ4n) is 5.67. The Hall–Kier alpha value is -5.61. The van der Waals surface area contributed by atoms with Gasteiger partial charge in [0.2, 0.25) is 17.7 Å². The van der Waals surface area contributed by atoms with Gasteiger partial charge in [0.15, 0.2) is 0 Å². The van der Waals surface area contributed by atoms with E-state index in [0.29, 0.717) is 11.1 Å². The molecular weight excluding hydrogens is 669 g/mol. The van der Waals surface area contributed by atoms with Crippen molar-refractivity contribution in [3.05, 3.63) is 156 Å². The molecule has 0 unspecified atom stereocenters. The van der Waals surface area contributed by atoms with E-state index in [2.05, 4.69) is 20.5 Å². The third-order valence-electron chi connectivity index (χ3n) is 8.12. The molecule has 0 heterocycles. The number of nitrogens with one attached hydrogen (secondary N) is 3. The summed E-state index contributed by atoms with van der Waals surface area (Å²) in [6.45, 7) is 0. The number of amides is 3. The summed E-state index contributed by atoms with van der Waals surface area (Å²) in [5.74, 6) is -3.17. The lowest BCUT2D eigenvalue weighted by atomic mass is 10.0. The molecule has 3 atom stereocenters. The molecule has 0 aliphatic carbocycles. The SMILES string of the molecule is O=C(Cc1ccc2ccccc2c1)N[C@H](Cc1ccccc1)C(=O)N[C@H](Cc1ccccc1)C(=O)N[C@H](Cc1ccccc1)C(=O)OP(=O)(O)O. The minimum Gasteiger partial charge on any atom is -0.369 e. The van der Waals surface area contributed by atoms with Crippen LogP contribution in [0.1, 0.15) is 22.3 Å². The lowest BCUT2D eigenvalue weighted by Gasteiger charge is -2.25. The third-order valence-corrected chi connectivity index (χ3v) is 8.54. The highest BCUT2D eigenvalue weighted by atomic mass is 31.2. The van der Waals surface area contributed by atoms with Gasteiger partial charge in [-0.05, 0) is 33.0 Å². The van der Waals surface area contributed by atoms with Gasteiger partial charge in [0.1, 0.15) is 18.1 Å². The van der Waals surface area contributed by atoms with Gasteiger partial charge in [-0.2, -0.15) is 0 Å². The summed E-state index contributed by atoms with van der Waals surface area (Å²) in [4.78, 5) is 72.8. The molecule has 12 heteroatoms. The van der Waals surface area contributed by atoms with Crippen molar-refractivity contribution >= 4 is 42.3 Å². The fraction of sp³-hybridized carbons (Fsp3) is 0.179. The van der Waals surface area contributed by atoms with Crippen LogP contribution in [0.25, 0.3) is 10.8 Å². The molecule has 5 aromatic carbocycles. The Balaban J connectivity index is 1.38. The number of benzene rings is 5. The Kier molecular flexibility index (Phi) is 12.5. The van der Waals surface area contributed by atoms with E-state index in [1.807, 2.05) is 72.8 Å². The minimum atomic E-state index is -5.23. The van der Waals surface area contributed by atoms with Crippen LogP contribution in [0.3, 0.4) is 0 Å². The third kappa shape index (κ3) is 11.5. The van der Waals surface area contributed by atoms with E-state index >= 15 is 0 Å². The lowest BCUT2D eigenvalue weighted by Crippen LogP contribution is -2.57. The van der Waals surface area contributed by atoms with E-state index < -0.39 is 49.6 Å². The number of phosphoric acid groups is 1. The monoisotopic (exact) mass is 707 g/mol. The minimum absolute atomic E-state index is 0.00705. The molecule has 0 aromatic heterocycles. The number of phosphoric ester groups is 1. The Bertz CT molecular complexity index is 2010. The molecule has 0 saturated heterocycles. The molecule has 0 bridgehead atoms. The van der Waals surface area contributed by atoms with E-state index in [1.165, 1.54) is 0 Å². The number of carbonyl (C=O) groups is 4. The van der Waals surface area contributed by atoms with E-state index in [-0.39, 0.29) is 25.7 Å². The summed E-state index contributed by atoms with van der Waals surface area (Å²) < 4.78 is 15.9. The maximum atomic E-state index is 14.0. The molecule has 262 valence electrons. The molecule has 11 nitrogen and oxygen atoms in total. The first-order valence-corrected chi connectivity index (χ1v) is 17.8. The predicted octanol–water partition coefficient (Wildman–Crippen LogP) is 4.20. The molecule has 5 rings (SSSR count). The van der Waals surface area contributed by atoms with Crippen LogP contribution in [0.4, 0.5) is 0 Å². The van der Waals surface area contributed by atoms with Crippen LogP contribution in [-0.2, 0) is 54.0 Å². The summed E-state index contributed by atoms with van der Waals surface area (Å²) in [5.41, 5.74) is 2.82. The first-order valence-electron chi connectivity index (χ1n) is 16.3. The smallest absolute Gasteiger partial charge is 0.369 e. The molecule has 5 aromatic rings. The van der Waals surface area contributed by atoms with Crippen molar-refractivity contribution in [2.24, 2.45) is 0 Å². The van der Waals surface area contributed by atoms with Crippen LogP contribution in [-0.4, -0.2) is 51.6 Å². The van der Waals surface area contributed by atoms with Gasteiger partial charge in [0.25, 0.3) is 0 Å². The van der Waals surface area contributed by atoms with Crippen molar-refractivity contribution in [2.75, 3.05) is 0 Å². The van der Waals surface area contributed by atoms with Crippen LogP contribution >= 0.6 is 7.82 Å². The molecule has 0 aliphatic rings. The Labute approximate surface area is 295 Å². The number of carbonyl (C=O) groups excluding carboxylic acids is 4. The van der Waals surface area contributed by atoms with Gasteiger partial charge in [-0.3, -0.25) is 24.2 Å². The van der Waals surface area contributed by atoms with Crippen LogP contribution < -0.4 is 16.0 Å². The predicted molar refractivity (Wildman–Crippen MR) is 192 cm³/mol. The van der Waals surface area contributed by atoms with Crippen LogP contribution in [0, 0.1) is 0 Å². The van der Waals surface area contributed by atoms with Crippen LogP contribution in [0.5, 0.6) is 0 Å². The van der Waals surface area contributed by atoms with Crippen molar-refractivity contribution in [1.82, 2.24) is 16.0 Å². The second-order valence-corrected chi connectivity index (χ2v) is 13.2. The highest BCUT2D eigenvalue weighted by Gasteiger charge is 2.33. The van der Waals surface area contributed by atoms with Gasteiger partial charge in [-0.25, -0.2) is 9.36 Å². The van der Waals surface area contributed by atoms with Crippen molar-refractivity contribution in [3.63, 3.8) is 0 Å². The van der Waals surface area contributed by atoms with Gasteiger partial charge in [0.05, 0.1) is 6.42 Å². The molecular formula is C39H38N3O8P. The Morgan fingerprint density at radius 1 is 0.529 bits per heavy atom. The largest absolute Gasteiger partial charge is 0.527 e.